The summed E-state index contributed by atoms with van der Waals surface area (Å²) in [6.45, 7) is 0.738. The van der Waals surface area contributed by atoms with Gasteiger partial charge in [0.1, 0.15) is 0 Å². The first kappa shape index (κ1) is 5.95. The zero-order valence-corrected chi connectivity index (χ0v) is 5.45. The van der Waals surface area contributed by atoms with Gasteiger partial charge >= 0.3 is 0 Å². The van der Waals surface area contributed by atoms with E-state index in [4.69, 9.17) is 0 Å². The number of amides is 1. The first-order chi connectivity index (χ1) is 3.79. The summed E-state index contributed by atoms with van der Waals surface area (Å²) >= 11 is 4.19. The second-order valence-corrected chi connectivity index (χ2v) is 2.73. The molecule has 1 heterocycles. The Morgan fingerprint density at radius 3 is 2.88 bits per heavy atom. The molecule has 1 aliphatic heterocycles. The van der Waals surface area contributed by atoms with Crippen molar-refractivity contribution in [2.24, 2.45) is 0 Å². The molecule has 0 aromatic rings. The maximum absolute atomic E-state index is 10.5. The van der Waals surface area contributed by atoms with Gasteiger partial charge in [-0.2, -0.15) is 12.6 Å². The number of carbonyl (C=O) groups is 1. The molecule has 1 amide bonds. The molecule has 1 aliphatic rings. The van der Waals surface area contributed by atoms with Crippen molar-refractivity contribution in [2.45, 2.75) is 18.1 Å². The first-order valence-corrected chi connectivity index (χ1v) is 3.25. The van der Waals surface area contributed by atoms with Crippen molar-refractivity contribution in [3.05, 3.63) is 0 Å². The summed E-state index contributed by atoms with van der Waals surface area (Å²) in [7, 11) is 0. The highest BCUT2D eigenvalue weighted by molar-refractivity contribution is 7.81. The van der Waals surface area contributed by atoms with Crippen LogP contribution < -0.4 is 5.32 Å². The minimum absolute atomic E-state index is 0.162. The van der Waals surface area contributed by atoms with Gasteiger partial charge in [0.15, 0.2) is 0 Å². The van der Waals surface area contributed by atoms with E-state index in [0.29, 0.717) is 11.7 Å². The Hall–Kier alpha value is -0.180. The minimum atomic E-state index is 0.162. The lowest BCUT2D eigenvalue weighted by Gasteiger charge is -2.16. The highest BCUT2D eigenvalue weighted by Gasteiger charge is 2.13. The third kappa shape index (κ3) is 1.40. The molecular formula is C5H9NOS. The Morgan fingerprint density at radius 2 is 2.50 bits per heavy atom. The van der Waals surface area contributed by atoms with Crippen molar-refractivity contribution in [1.82, 2.24) is 5.32 Å². The van der Waals surface area contributed by atoms with Crippen LogP contribution in [0.25, 0.3) is 0 Å². The monoisotopic (exact) mass is 131 g/mol. The third-order valence-corrected chi connectivity index (χ3v) is 1.68. The maximum Gasteiger partial charge on any atom is 0.220 e. The Morgan fingerprint density at radius 1 is 1.75 bits per heavy atom. The molecule has 0 radical (unpaired) electrons. The highest BCUT2D eigenvalue weighted by Crippen LogP contribution is 2.07. The molecule has 0 bridgehead atoms. The summed E-state index contributed by atoms with van der Waals surface area (Å²) in [5.74, 6) is 0.162. The summed E-state index contributed by atoms with van der Waals surface area (Å²) in [5.41, 5.74) is 0. The SMILES string of the molecule is O=C1CC[C@@H](S)CN1. The average molecular weight is 131 g/mol. The summed E-state index contributed by atoms with van der Waals surface area (Å²) in [6, 6.07) is 0. The topological polar surface area (TPSA) is 29.1 Å². The zero-order valence-electron chi connectivity index (χ0n) is 4.55. The van der Waals surface area contributed by atoms with Gasteiger partial charge in [0.25, 0.3) is 0 Å². The molecule has 1 rings (SSSR count). The summed E-state index contributed by atoms with van der Waals surface area (Å²) < 4.78 is 0. The maximum atomic E-state index is 10.5. The van der Waals surface area contributed by atoms with Crippen molar-refractivity contribution in [3.8, 4) is 0 Å². The van der Waals surface area contributed by atoms with Crippen molar-refractivity contribution in [1.29, 1.82) is 0 Å². The fourth-order valence-electron chi connectivity index (χ4n) is 0.720. The molecule has 1 N–H and O–H groups in total. The normalized spacial score (nSPS) is 29.6. The summed E-state index contributed by atoms with van der Waals surface area (Å²) in [6.07, 6.45) is 1.57. The average Bonchev–Trinajstić information content (AvgIpc) is 1.77. The van der Waals surface area contributed by atoms with Gasteiger partial charge in [-0.3, -0.25) is 4.79 Å². The quantitative estimate of drug-likeness (QED) is 0.452. The molecule has 1 saturated heterocycles. The van der Waals surface area contributed by atoms with Gasteiger partial charge in [-0.15, -0.1) is 0 Å². The second-order valence-electron chi connectivity index (χ2n) is 2.00. The lowest BCUT2D eigenvalue weighted by Crippen LogP contribution is -2.35. The highest BCUT2D eigenvalue weighted by atomic mass is 32.1. The van der Waals surface area contributed by atoms with Crippen LogP contribution in [0.5, 0.6) is 0 Å². The van der Waals surface area contributed by atoms with Crippen LogP contribution in [-0.4, -0.2) is 17.7 Å². The van der Waals surface area contributed by atoms with Crippen LogP contribution in [0.3, 0.4) is 0 Å². The van der Waals surface area contributed by atoms with Gasteiger partial charge in [0.05, 0.1) is 0 Å². The zero-order chi connectivity index (χ0) is 5.98. The molecule has 0 aliphatic carbocycles. The van der Waals surface area contributed by atoms with E-state index in [2.05, 4.69) is 17.9 Å². The first-order valence-electron chi connectivity index (χ1n) is 2.74. The molecule has 8 heavy (non-hydrogen) atoms. The van der Waals surface area contributed by atoms with Crippen LogP contribution >= 0.6 is 12.6 Å². The van der Waals surface area contributed by atoms with Gasteiger partial charge in [-0.1, -0.05) is 0 Å². The lowest BCUT2D eigenvalue weighted by molar-refractivity contribution is -0.122. The van der Waals surface area contributed by atoms with E-state index in [-0.39, 0.29) is 5.91 Å². The van der Waals surface area contributed by atoms with E-state index in [1.807, 2.05) is 0 Å². The van der Waals surface area contributed by atoms with E-state index < -0.39 is 0 Å². The molecule has 0 saturated carbocycles. The standard InChI is InChI=1S/C5H9NOS/c7-5-2-1-4(8)3-6-5/h4,8H,1-3H2,(H,6,7)/t4-/m1/s1. The largest absolute Gasteiger partial charge is 0.355 e. The molecule has 3 heteroatoms. The Kier molecular flexibility index (Phi) is 1.78. The molecule has 46 valence electrons. The van der Waals surface area contributed by atoms with Crippen LogP contribution in [0.15, 0.2) is 0 Å². The van der Waals surface area contributed by atoms with Gasteiger partial charge < -0.3 is 5.32 Å². The number of thiol groups is 1. The molecular weight excluding hydrogens is 122 g/mol. The third-order valence-electron chi connectivity index (χ3n) is 1.24. The van der Waals surface area contributed by atoms with E-state index in [1.165, 1.54) is 0 Å². The smallest absolute Gasteiger partial charge is 0.220 e. The fourth-order valence-corrected chi connectivity index (χ4v) is 0.940. The van der Waals surface area contributed by atoms with E-state index >= 15 is 0 Å². The number of piperidine rings is 1. The summed E-state index contributed by atoms with van der Waals surface area (Å²) in [5, 5.41) is 3.10. The lowest BCUT2D eigenvalue weighted by atomic mass is 10.1. The summed E-state index contributed by atoms with van der Waals surface area (Å²) in [4.78, 5) is 10.5. The Labute approximate surface area is 54.1 Å². The van der Waals surface area contributed by atoms with Crippen molar-refractivity contribution >= 4 is 18.5 Å². The van der Waals surface area contributed by atoms with Gasteiger partial charge in [0, 0.05) is 18.2 Å². The van der Waals surface area contributed by atoms with Crippen LogP contribution in [-0.2, 0) is 4.79 Å². The van der Waals surface area contributed by atoms with Crippen LogP contribution in [0.1, 0.15) is 12.8 Å². The van der Waals surface area contributed by atoms with Gasteiger partial charge in [-0.25, -0.2) is 0 Å². The van der Waals surface area contributed by atoms with Crippen molar-refractivity contribution in [3.63, 3.8) is 0 Å². The number of carbonyl (C=O) groups excluding carboxylic acids is 1. The van der Waals surface area contributed by atoms with Gasteiger partial charge in [-0.05, 0) is 6.42 Å². The minimum Gasteiger partial charge on any atom is -0.355 e. The molecule has 0 unspecified atom stereocenters. The van der Waals surface area contributed by atoms with Crippen molar-refractivity contribution in [2.75, 3.05) is 6.54 Å². The predicted octanol–water partition coefficient (Wildman–Crippen LogP) is 0.195. The molecule has 2 nitrogen and oxygen atoms in total. The number of rotatable bonds is 0. The van der Waals surface area contributed by atoms with Gasteiger partial charge in [0.2, 0.25) is 5.91 Å². The number of nitrogens with one attached hydrogen (secondary N) is 1. The number of hydrogen-bond donors (Lipinski definition) is 2. The van der Waals surface area contributed by atoms with E-state index in [0.717, 1.165) is 13.0 Å². The Balaban J connectivity index is 2.29. The van der Waals surface area contributed by atoms with E-state index in [1.54, 1.807) is 0 Å². The molecule has 1 atom stereocenters. The van der Waals surface area contributed by atoms with Crippen LogP contribution in [0, 0.1) is 0 Å². The van der Waals surface area contributed by atoms with Crippen LogP contribution in [0.4, 0.5) is 0 Å². The molecule has 0 spiro atoms. The predicted molar refractivity (Wildman–Crippen MR) is 35.0 cm³/mol. The van der Waals surface area contributed by atoms with Crippen LogP contribution in [0.2, 0.25) is 0 Å². The molecule has 0 aromatic heterocycles. The second kappa shape index (κ2) is 2.40. The molecule has 0 aromatic carbocycles. The number of hydrogen-bond acceptors (Lipinski definition) is 2. The Bertz CT molecular complexity index is 94.6. The fraction of sp³-hybridized carbons (Fsp3) is 0.800. The van der Waals surface area contributed by atoms with Crippen molar-refractivity contribution < 1.29 is 4.79 Å². The molecule has 1 fully saturated rings. The van der Waals surface area contributed by atoms with E-state index in [9.17, 15) is 4.79 Å².